The van der Waals surface area contributed by atoms with Crippen molar-refractivity contribution in [2.45, 2.75) is 12.5 Å². The fourth-order valence-corrected chi connectivity index (χ4v) is 2.61. The average molecular weight is 353 g/mol. The second kappa shape index (κ2) is 6.79. The molecule has 1 saturated heterocycles. The predicted octanol–water partition coefficient (Wildman–Crippen LogP) is 2.53. The molecule has 1 fully saturated rings. The third kappa shape index (κ3) is 3.46. The summed E-state index contributed by atoms with van der Waals surface area (Å²) in [5, 5.41) is 7.39. The Labute approximate surface area is 149 Å². The zero-order chi connectivity index (χ0) is 18.7. The van der Waals surface area contributed by atoms with Gasteiger partial charge in [-0.1, -0.05) is 30.3 Å². The molecule has 4 amide bonds. The maximum absolute atomic E-state index is 13.5. The van der Waals surface area contributed by atoms with E-state index in [-0.39, 0.29) is 0 Å². The van der Waals surface area contributed by atoms with Gasteiger partial charge in [0.2, 0.25) is 5.91 Å². The Morgan fingerprint density at radius 3 is 2.62 bits per heavy atom. The van der Waals surface area contributed by atoms with Crippen LogP contribution in [0.5, 0.6) is 0 Å². The van der Waals surface area contributed by atoms with Gasteiger partial charge in [-0.15, -0.1) is 0 Å². The van der Waals surface area contributed by atoms with Crippen LogP contribution in [0.1, 0.15) is 18.1 Å². The molecule has 132 valence electrons. The number of hydrogen-bond acceptors (Lipinski definition) is 3. The third-order valence-corrected chi connectivity index (χ3v) is 4.07. The van der Waals surface area contributed by atoms with E-state index in [0.717, 1.165) is 0 Å². The number of imide groups is 1. The molecule has 6 nitrogen and oxygen atoms in total. The van der Waals surface area contributed by atoms with E-state index in [2.05, 4.69) is 16.0 Å². The summed E-state index contributed by atoms with van der Waals surface area (Å²) >= 11 is 0. The summed E-state index contributed by atoms with van der Waals surface area (Å²) in [5.41, 5.74) is 0.0627. The van der Waals surface area contributed by atoms with Crippen LogP contribution in [0.15, 0.2) is 54.6 Å². The molecule has 0 radical (unpaired) electrons. The number of halogens is 1. The molecule has 0 unspecified atom stereocenters. The molecule has 0 bridgehead atoms. The number of benzene rings is 2. The van der Waals surface area contributed by atoms with Gasteiger partial charge in [0, 0.05) is 17.3 Å². The summed E-state index contributed by atoms with van der Waals surface area (Å²) in [5.74, 6) is -1.34. The Kier molecular flexibility index (Phi) is 4.53. The number of carbonyl (C=O) groups is 3. The lowest BCUT2D eigenvalue weighted by molar-refractivity contribution is -0.123. The Morgan fingerprint density at radius 2 is 1.92 bits per heavy atom. The van der Waals surface area contributed by atoms with Crippen LogP contribution in [0.25, 0.3) is 6.08 Å². The monoisotopic (exact) mass is 353 g/mol. The number of urea groups is 1. The number of carbonyl (C=O) groups excluding carboxylic acids is 3. The van der Waals surface area contributed by atoms with Gasteiger partial charge in [0.05, 0.1) is 0 Å². The van der Waals surface area contributed by atoms with Crippen molar-refractivity contribution in [2.24, 2.45) is 0 Å². The summed E-state index contributed by atoms with van der Waals surface area (Å²) in [6.45, 7) is 1.58. The fourth-order valence-electron chi connectivity index (χ4n) is 2.61. The molecule has 2 aromatic rings. The summed E-state index contributed by atoms with van der Waals surface area (Å²) < 4.78 is 13.5. The van der Waals surface area contributed by atoms with Gasteiger partial charge >= 0.3 is 6.03 Å². The van der Waals surface area contributed by atoms with E-state index in [0.29, 0.717) is 16.8 Å². The van der Waals surface area contributed by atoms with Gasteiger partial charge in [-0.3, -0.25) is 14.9 Å². The molecule has 26 heavy (non-hydrogen) atoms. The minimum absolute atomic E-state index is 0.300. The van der Waals surface area contributed by atoms with Crippen molar-refractivity contribution in [2.75, 3.05) is 5.32 Å². The minimum atomic E-state index is -1.21. The highest BCUT2D eigenvalue weighted by Gasteiger charge is 2.43. The lowest BCUT2D eigenvalue weighted by Crippen LogP contribution is -2.40. The van der Waals surface area contributed by atoms with Crippen molar-refractivity contribution in [3.63, 3.8) is 0 Å². The van der Waals surface area contributed by atoms with Gasteiger partial charge in [0.25, 0.3) is 5.91 Å². The van der Waals surface area contributed by atoms with Gasteiger partial charge in [0.15, 0.2) is 0 Å². The highest BCUT2D eigenvalue weighted by Crippen LogP contribution is 2.26. The molecule has 0 aromatic heterocycles. The summed E-state index contributed by atoms with van der Waals surface area (Å²) in [4.78, 5) is 35.5. The lowest BCUT2D eigenvalue weighted by Gasteiger charge is -2.21. The molecule has 3 N–H and O–H groups in total. The molecular weight excluding hydrogens is 337 g/mol. The summed E-state index contributed by atoms with van der Waals surface area (Å²) in [7, 11) is 0. The van der Waals surface area contributed by atoms with E-state index < -0.39 is 29.2 Å². The van der Waals surface area contributed by atoms with E-state index in [1.54, 1.807) is 49.4 Å². The molecule has 1 atom stereocenters. The minimum Gasteiger partial charge on any atom is -0.323 e. The number of nitrogens with one attached hydrogen (secondary N) is 3. The largest absolute Gasteiger partial charge is 0.323 e. The van der Waals surface area contributed by atoms with Gasteiger partial charge in [-0.2, -0.15) is 0 Å². The van der Waals surface area contributed by atoms with Crippen LogP contribution in [0.2, 0.25) is 0 Å². The van der Waals surface area contributed by atoms with E-state index in [4.69, 9.17) is 0 Å². The molecule has 1 aliphatic rings. The quantitative estimate of drug-likeness (QED) is 0.583. The Morgan fingerprint density at radius 1 is 1.15 bits per heavy atom. The van der Waals surface area contributed by atoms with E-state index in [1.807, 2.05) is 0 Å². The van der Waals surface area contributed by atoms with Crippen LogP contribution in [0.4, 0.5) is 14.9 Å². The van der Waals surface area contributed by atoms with Crippen LogP contribution < -0.4 is 16.0 Å². The third-order valence-electron chi connectivity index (χ3n) is 4.07. The molecular formula is C19H16FN3O3. The van der Waals surface area contributed by atoms with Crippen molar-refractivity contribution in [1.29, 1.82) is 0 Å². The summed E-state index contributed by atoms with van der Waals surface area (Å²) in [6, 6.07) is 12.1. The topological polar surface area (TPSA) is 87.3 Å². The van der Waals surface area contributed by atoms with Crippen molar-refractivity contribution in [3.8, 4) is 0 Å². The van der Waals surface area contributed by atoms with Gasteiger partial charge in [0.1, 0.15) is 11.4 Å². The van der Waals surface area contributed by atoms with Crippen LogP contribution >= 0.6 is 0 Å². The number of amides is 4. The fraction of sp³-hybridized carbons (Fsp3) is 0.105. The lowest BCUT2D eigenvalue weighted by atomic mass is 9.92. The second-order valence-corrected chi connectivity index (χ2v) is 5.96. The van der Waals surface area contributed by atoms with Crippen molar-refractivity contribution in [3.05, 3.63) is 71.6 Å². The van der Waals surface area contributed by atoms with Gasteiger partial charge in [-0.25, -0.2) is 9.18 Å². The van der Waals surface area contributed by atoms with Crippen LogP contribution in [0.3, 0.4) is 0 Å². The molecule has 0 saturated carbocycles. The van der Waals surface area contributed by atoms with E-state index in [1.165, 1.54) is 18.2 Å². The van der Waals surface area contributed by atoms with Crippen LogP contribution in [-0.2, 0) is 15.1 Å². The maximum atomic E-state index is 13.5. The smallest absolute Gasteiger partial charge is 0.322 e. The molecule has 2 aromatic carbocycles. The predicted molar refractivity (Wildman–Crippen MR) is 94.5 cm³/mol. The number of anilines is 1. The van der Waals surface area contributed by atoms with Crippen molar-refractivity contribution < 1.29 is 18.8 Å². The Balaban J connectivity index is 1.75. The SMILES string of the molecule is C[C@]1(c2cccc(NC(=O)/C=C/c3ccccc3F)c2)NC(=O)NC1=O. The van der Waals surface area contributed by atoms with Gasteiger partial charge in [-0.05, 0) is 36.8 Å². The van der Waals surface area contributed by atoms with Crippen LogP contribution in [0, 0.1) is 5.82 Å². The summed E-state index contributed by atoms with van der Waals surface area (Å²) in [6.07, 6.45) is 2.59. The van der Waals surface area contributed by atoms with E-state index in [9.17, 15) is 18.8 Å². The van der Waals surface area contributed by atoms with Crippen molar-refractivity contribution in [1.82, 2.24) is 10.6 Å². The Bertz CT molecular complexity index is 926. The first-order chi connectivity index (χ1) is 12.4. The van der Waals surface area contributed by atoms with E-state index >= 15 is 0 Å². The standard InChI is InChI=1S/C19H16FN3O3/c1-19(17(25)22-18(26)23-19)13-6-4-7-14(11-13)21-16(24)10-9-12-5-2-3-8-15(12)20/h2-11H,1H3,(H,21,24)(H2,22,23,25,26)/b10-9+/t19-/m1/s1. The molecule has 3 rings (SSSR count). The average Bonchev–Trinajstić information content (AvgIpc) is 2.87. The highest BCUT2D eigenvalue weighted by molar-refractivity contribution is 6.07. The molecule has 1 heterocycles. The molecule has 1 aliphatic heterocycles. The first-order valence-electron chi connectivity index (χ1n) is 7.86. The van der Waals surface area contributed by atoms with Gasteiger partial charge < -0.3 is 10.6 Å². The zero-order valence-corrected chi connectivity index (χ0v) is 13.9. The molecule has 0 aliphatic carbocycles. The first kappa shape index (κ1) is 17.3. The molecule has 0 spiro atoms. The second-order valence-electron chi connectivity index (χ2n) is 5.96. The highest BCUT2D eigenvalue weighted by atomic mass is 19.1. The Hall–Kier alpha value is -3.48. The maximum Gasteiger partial charge on any atom is 0.322 e. The number of hydrogen-bond donors (Lipinski definition) is 3. The molecule has 7 heteroatoms. The normalized spacial score (nSPS) is 19.3. The number of rotatable bonds is 4. The zero-order valence-electron chi connectivity index (χ0n) is 13.9. The van der Waals surface area contributed by atoms with Crippen LogP contribution in [-0.4, -0.2) is 17.8 Å². The first-order valence-corrected chi connectivity index (χ1v) is 7.86. The van der Waals surface area contributed by atoms with Crippen molar-refractivity contribution >= 4 is 29.6 Å².